The number of para-hydroxylation sites is 1. The van der Waals surface area contributed by atoms with Crippen LogP contribution in [0.1, 0.15) is 17.7 Å². The zero-order valence-corrected chi connectivity index (χ0v) is 21.6. The Balaban J connectivity index is 1.51. The Labute approximate surface area is 222 Å². The fraction of sp³-hybridized carbons (Fsp3) is 0.320. The molecule has 0 aliphatic heterocycles. The van der Waals surface area contributed by atoms with Crippen molar-refractivity contribution in [2.24, 2.45) is 5.92 Å². The Morgan fingerprint density at radius 2 is 1.78 bits per heavy atom. The van der Waals surface area contributed by atoms with Crippen molar-refractivity contribution in [2.75, 3.05) is 17.2 Å². The quantitative estimate of drug-likeness (QED) is 0.230. The average Bonchev–Trinajstić information content (AvgIpc) is 3.38. The maximum Gasteiger partial charge on any atom is 0.225 e. The standard InChI is InChI=1S/C25H25Cl2N5O3S/c1-12-20(24-31-17-4-2-3-5-19(17)36-24)23(30-18-8-14(11-33)21(34)22(18)35)32-25(29-12)28-10-13-6-15(26)9-16(27)7-13/h2-7,9,14,18,21-22,33-35H,8,10-11H2,1H3,(H2,28,29,30,32)/t14-,18-,21-,22+/m1/s1. The molecule has 1 fully saturated rings. The Bertz CT molecular complexity index is 1350. The molecule has 0 unspecified atom stereocenters. The van der Waals surface area contributed by atoms with Gasteiger partial charge in [-0.05, 0) is 49.2 Å². The lowest BCUT2D eigenvalue weighted by Gasteiger charge is -2.21. The molecule has 0 radical (unpaired) electrons. The number of benzene rings is 2. The number of halogens is 2. The summed E-state index contributed by atoms with van der Waals surface area (Å²) in [4.78, 5) is 14.2. The van der Waals surface area contributed by atoms with Gasteiger partial charge in [-0.3, -0.25) is 0 Å². The number of nitrogens with one attached hydrogen (secondary N) is 2. The number of hydrogen-bond donors (Lipinski definition) is 5. The number of aromatic nitrogens is 3. The Morgan fingerprint density at radius 1 is 1.03 bits per heavy atom. The third-order valence-corrected chi connectivity index (χ3v) is 7.82. The number of hydrogen-bond acceptors (Lipinski definition) is 9. The lowest BCUT2D eigenvalue weighted by molar-refractivity contribution is 0.00446. The molecule has 36 heavy (non-hydrogen) atoms. The van der Waals surface area contributed by atoms with Crippen molar-refractivity contribution in [3.05, 3.63) is 63.8 Å². The summed E-state index contributed by atoms with van der Waals surface area (Å²) in [5.74, 6) is 0.447. The van der Waals surface area contributed by atoms with E-state index in [1.54, 1.807) is 6.07 Å². The van der Waals surface area contributed by atoms with Crippen LogP contribution in [0.3, 0.4) is 0 Å². The van der Waals surface area contributed by atoms with Crippen molar-refractivity contribution in [3.8, 4) is 10.6 Å². The second-order valence-corrected chi connectivity index (χ2v) is 10.8. The van der Waals surface area contributed by atoms with E-state index in [0.29, 0.717) is 40.5 Å². The number of anilines is 2. The molecule has 2 aromatic heterocycles. The van der Waals surface area contributed by atoms with E-state index >= 15 is 0 Å². The molecule has 5 rings (SSSR count). The first-order valence-corrected chi connectivity index (χ1v) is 13.1. The van der Waals surface area contributed by atoms with Crippen LogP contribution in [0.5, 0.6) is 0 Å². The molecule has 0 spiro atoms. The van der Waals surface area contributed by atoms with Gasteiger partial charge in [-0.1, -0.05) is 35.3 Å². The topological polar surface area (TPSA) is 123 Å². The molecule has 188 valence electrons. The van der Waals surface area contributed by atoms with E-state index < -0.39 is 24.2 Å². The van der Waals surface area contributed by atoms with Gasteiger partial charge < -0.3 is 26.0 Å². The molecular formula is C25H25Cl2N5O3S. The van der Waals surface area contributed by atoms with Crippen LogP contribution in [0.4, 0.5) is 11.8 Å². The molecule has 11 heteroatoms. The van der Waals surface area contributed by atoms with Crippen LogP contribution in [-0.2, 0) is 6.54 Å². The van der Waals surface area contributed by atoms with Crippen LogP contribution in [0.15, 0.2) is 42.5 Å². The summed E-state index contributed by atoms with van der Waals surface area (Å²) in [6.45, 7) is 2.07. The first-order valence-electron chi connectivity index (χ1n) is 11.5. The van der Waals surface area contributed by atoms with Crippen molar-refractivity contribution in [3.63, 3.8) is 0 Å². The largest absolute Gasteiger partial charge is 0.396 e. The molecule has 1 aliphatic rings. The molecule has 4 aromatic rings. The third kappa shape index (κ3) is 5.13. The Hall–Kier alpha value is -2.53. The van der Waals surface area contributed by atoms with Gasteiger partial charge in [-0.25, -0.2) is 9.97 Å². The molecule has 8 nitrogen and oxygen atoms in total. The van der Waals surface area contributed by atoms with Gasteiger partial charge in [0.05, 0.1) is 33.6 Å². The molecule has 2 aromatic carbocycles. The molecule has 1 saturated carbocycles. The molecule has 0 bridgehead atoms. The van der Waals surface area contributed by atoms with Gasteiger partial charge in [0.1, 0.15) is 16.9 Å². The highest BCUT2D eigenvalue weighted by Crippen LogP contribution is 2.38. The molecule has 1 aliphatic carbocycles. The minimum Gasteiger partial charge on any atom is -0.396 e. The van der Waals surface area contributed by atoms with Crippen molar-refractivity contribution in [1.82, 2.24) is 15.0 Å². The fourth-order valence-corrected chi connectivity index (χ4v) is 6.14. The number of thiazole rings is 1. The zero-order chi connectivity index (χ0) is 25.4. The molecule has 2 heterocycles. The van der Waals surface area contributed by atoms with Crippen LogP contribution in [0, 0.1) is 12.8 Å². The summed E-state index contributed by atoms with van der Waals surface area (Å²) in [5.41, 5.74) is 3.17. The first kappa shape index (κ1) is 25.1. The summed E-state index contributed by atoms with van der Waals surface area (Å²) < 4.78 is 1.04. The van der Waals surface area contributed by atoms with E-state index in [4.69, 9.17) is 33.2 Å². The van der Waals surface area contributed by atoms with Crippen LogP contribution in [-0.4, -0.2) is 55.1 Å². The van der Waals surface area contributed by atoms with Gasteiger partial charge in [0, 0.05) is 29.1 Å². The predicted octanol–water partition coefficient (Wildman–Crippen LogP) is 4.50. The van der Waals surface area contributed by atoms with Gasteiger partial charge in [0.15, 0.2) is 0 Å². The second-order valence-electron chi connectivity index (χ2n) is 8.88. The second kappa shape index (κ2) is 10.5. The molecule has 0 amide bonds. The highest BCUT2D eigenvalue weighted by molar-refractivity contribution is 7.21. The van der Waals surface area contributed by atoms with Crippen molar-refractivity contribution in [2.45, 2.75) is 38.1 Å². The van der Waals surface area contributed by atoms with Gasteiger partial charge in [-0.15, -0.1) is 11.3 Å². The summed E-state index contributed by atoms with van der Waals surface area (Å²) in [5, 5.41) is 38.9. The monoisotopic (exact) mass is 545 g/mol. The van der Waals surface area contributed by atoms with E-state index in [-0.39, 0.29) is 6.61 Å². The predicted molar refractivity (Wildman–Crippen MR) is 144 cm³/mol. The summed E-state index contributed by atoms with van der Waals surface area (Å²) in [7, 11) is 0. The number of rotatable bonds is 7. The van der Waals surface area contributed by atoms with Crippen LogP contribution in [0.25, 0.3) is 20.8 Å². The summed E-state index contributed by atoms with van der Waals surface area (Å²) >= 11 is 13.8. The SMILES string of the molecule is Cc1nc(NCc2cc(Cl)cc(Cl)c2)nc(N[C@@H]2C[C@H](CO)[C@@H](O)[C@H]2O)c1-c1nc2ccccc2s1. The van der Waals surface area contributed by atoms with Crippen molar-refractivity contribution >= 4 is 56.5 Å². The van der Waals surface area contributed by atoms with Gasteiger partial charge in [-0.2, -0.15) is 4.98 Å². The summed E-state index contributed by atoms with van der Waals surface area (Å²) in [6, 6.07) is 12.7. The minimum absolute atomic E-state index is 0.209. The van der Waals surface area contributed by atoms with E-state index in [9.17, 15) is 15.3 Å². The normalized spacial score (nSPS) is 21.7. The van der Waals surface area contributed by atoms with E-state index in [2.05, 4.69) is 15.6 Å². The Kier molecular flexibility index (Phi) is 7.30. The minimum atomic E-state index is -1.05. The van der Waals surface area contributed by atoms with E-state index in [0.717, 1.165) is 26.4 Å². The molecule has 4 atom stereocenters. The zero-order valence-electron chi connectivity index (χ0n) is 19.3. The van der Waals surface area contributed by atoms with Crippen LogP contribution >= 0.6 is 34.5 Å². The van der Waals surface area contributed by atoms with Crippen LogP contribution in [0.2, 0.25) is 10.0 Å². The molecule has 0 saturated heterocycles. The average molecular weight is 546 g/mol. The maximum absolute atomic E-state index is 10.6. The van der Waals surface area contributed by atoms with Crippen molar-refractivity contribution < 1.29 is 15.3 Å². The summed E-state index contributed by atoms with van der Waals surface area (Å²) in [6.07, 6.45) is -1.68. The number of aliphatic hydroxyl groups excluding tert-OH is 3. The van der Waals surface area contributed by atoms with Gasteiger partial charge in [0.2, 0.25) is 5.95 Å². The molecule has 5 N–H and O–H groups in total. The number of aryl methyl sites for hydroxylation is 1. The fourth-order valence-electron chi connectivity index (χ4n) is 4.51. The van der Waals surface area contributed by atoms with E-state index in [1.807, 2.05) is 43.3 Å². The van der Waals surface area contributed by atoms with Crippen molar-refractivity contribution in [1.29, 1.82) is 0 Å². The number of fused-ring (bicyclic) bond motifs is 1. The van der Waals surface area contributed by atoms with Gasteiger partial charge >= 0.3 is 0 Å². The highest BCUT2D eigenvalue weighted by Gasteiger charge is 2.41. The Morgan fingerprint density at radius 3 is 2.47 bits per heavy atom. The lowest BCUT2D eigenvalue weighted by Crippen LogP contribution is -2.35. The number of aliphatic hydroxyl groups is 3. The first-order chi connectivity index (χ1) is 17.3. The lowest BCUT2D eigenvalue weighted by atomic mass is 10.1. The smallest absolute Gasteiger partial charge is 0.225 e. The number of nitrogens with zero attached hydrogens (tertiary/aromatic N) is 3. The third-order valence-electron chi connectivity index (χ3n) is 6.33. The van der Waals surface area contributed by atoms with E-state index in [1.165, 1.54) is 11.3 Å². The van der Waals surface area contributed by atoms with Crippen LogP contribution < -0.4 is 10.6 Å². The highest BCUT2D eigenvalue weighted by atomic mass is 35.5. The maximum atomic E-state index is 10.6. The molecular weight excluding hydrogens is 521 g/mol. The van der Waals surface area contributed by atoms with Gasteiger partial charge in [0.25, 0.3) is 0 Å².